The van der Waals surface area contributed by atoms with E-state index in [2.05, 4.69) is 42.9 Å². The van der Waals surface area contributed by atoms with Gasteiger partial charge in [-0.05, 0) is 42.5 Å². The first-order valence-electron chi connectivity index (χ1n) is 8.36. The molecule has 0 aliphatic carbocycles. The zero-order chi connectivity index (χ0) is 17.6. The third-order valence-electron chi connectivity index (χ3n) is 4.35. The number of benzene rings is 2. The molecule has 2 N–H and O–H groups in total. The van der Waals surface area contributed by atoms with Crippen molar-refractivity contribution in [2.45, 2.75) is 0 Å². The van der Waals surface area contributed by atoms with Gasteiger partial charge < -0.3 is 15.1 Å². The molecule has 1 aliphatic rings. The number of phenols is 1. The first-order chi connectivity index (χ1) is 12.2. The molecule has 1 heterocycles. The number of β-amino-alcohol motifs (C(OH)–C–C–N with tert-alkyl or cyclic N) is 1. The van der Waals surface area contributed by atoms with E-state index in [4.69, 9.17) is 5.11 Å². The maximum atomic E-state index is 9.85. The molecule has 0 aromatic heterocycles. The van der Waals surface area contributed by atoms with Gasteiger partial charge in [0.2, 0.25) is 0 Å². The van der Waals surface area contributed by atoms with Crippen LogP contribution >= 0.6 is 15.9 Å². The van der Waals surface area contributed by atoms with Crippen molar-refractivity contribution in [3.05, 3.63) is 52.5 Å². The molecule has 0 radical (unpaired) electrons. The van der Waals surface area contributed by atoms with Gasteiger partial charge in [0.1, 0.15) is 5.75 Å². The number of aliphatic hydroxyl groups excluding tert-OH is 1. The Balaban J connectivity index is 1.63. The number of aliphatic imine (C=N–C) groups is 1. The fourth-order valence-corrected chi connectivity index (χ4v) is 3.27. The summed E-state index contributed by atoms with van der Waals surface area (Å²) in [5.41, 5.74) is 2.72. The van der Waals surface area contributed by atoms with Crippen molar-refractivity contribution in [1.29, 1.82) is 0 Å². The maximum absolute atomic E-state index is 9.85. The quantitative estimate of drug-likeness (QED) is 0.753. The van der Waals surface area contributed by atoms with Crippen molar-refractivity contribution in [3.63, 3.8) is 0 Å². The van der Waals surface area contributed by atoms with Crippen molar-refractivity contribution in [2.24, 2.45) is 4.99 Å². The number of nitrogens with zero attached hydrogens (tertiary/aromatic N) is 3. The minimum absolute atomic E-state index is 0.212. The lowest BCUT2D eigenvalue weighted by molar-refractivity contribution is 0.189. The second kappa shape index (κ2) is 8.47. The Morgan fingerprint density at radius 1 is 1.04 bits per heavy atom. The first kappa shape index (κ1) is 17.9. The van der Waals surface area contributed by atoms with Crippen LogP contribution in [0.5, 0.6) is 5.75 Å². The highest BCUT2D eigenvalue weighted by Crippen LogP contribution is 2.23. The lowest BCUT2D eigenvalue weighted by Crippen LogP contribution is -2.47. The van der Waals surface area contributed by atoms with Gasteiger partial charge in [-0.15, -0.1) is 0 Å². The molecular weight excluding hydrogens is 382 g/mol. The third-order valence-corrected chi connectivity index (χ3v) is 4.84. The fraction of sp³-hybridized carbons (Fsp3) is 0.316. The number of phenolic OH excluding ortho intramolecular Hbond substituents is 1. The summed E-state index contributed by atoms with van der Waals surface area (Å²) in [6.45, 7) is 4.86. The number of halogens is 1. The Kier molecular flexibility index (Phi) is 6.07. The molecular formula is C19H22BrN3O2. The molecule has 0 spiro atoms. The molecule has 2 aromatic carbocycles. The first-order valence-corrected chi connectivity index (χ1v) is 9.16. The molecule has 0 atom stereocenters. The van der Waals surface area contributed by atoms with Crippen LogP contribution in [0.2, 0.25) is 0 Å². The summed E-state index contributed by atoms with van der Waals surface area (Å²) in [4.78, 5) is 9.07. The Labute approximate surface area is 156 Å². The predicted molar refractivity (Wildman–Crippen MR) is 105 cm³/mol. The van der Waals surface area contributed by atoms with Crippen molar-refractivity contribution >= 4 is 33.5 Å². The normalized spacial score (nSPS) is 15.8. The topological polar surface area (TPSA) is 59.3 Å². The molecule has 3 rings (SSSR count). The molecule has 132 valence electrons. The fourth-order valence-electron chi connectivity index (χ4n) is 2.89. The number of hydrogen-bond donors (Lipinski definition) is 2. The summed E-state index contributed by atoms with van der Waals surface area (Å²) < 4.78 is 0.905. The lowest BCUT2D eigenvalue weighted by atomic mass is 10.2. The molecule has 2 aromatic rings. The zero-order valence-electron chi connectivity index (χ0n) is 14.0. The van der Waals surface area contributed by atoms with E-state index in [1.54, 1.807) is 18.3 Å². The number of rotatable bonds is 5. The van der Waals surface area contributed by atoms with Gasteiger partial charge in [0.05, 0.1) is 12.3 Å². The van der Waals surface area contributed by atoms with Crippen LogP contribution in [0.3, 0.4) is 0 Å². The molecule has 1 aliphatic heterocycles. The minimum Gasteiger partial charge on any atom is -0.507 e. The summed E-state index contributed by atoms with van der Waals surface area (Å²) in [7, 11) is 0. The summed E-state index contributed by atoms with van der Waals surface area (Å²) >= 11 is 3.39. The second-order valence-corrected chi connectivity index (χ2v) is 6.95. The summed E-state index contributed by atoms with van der Waals surface area (Å²) in [5, 5.41) is 18.9. The maximum Gasteiger partial charge on any atom is 0.124 e. The molecule has 5 nitrogen and oxygen atoms in total. The van der Waals surface area contributed by atoms with Crippen LogP contribution in [-0.4, -0.2) is 60.7 Å². The van der Waals surface area contributed by atoms with E-state index in [0.29, 0.717) is 5.56 Å². The van der Waals surface area contributed by atoms with Crippen molar-refractivity contribution < 1.29 is 10.2 Å². The molecule has 1 saturated heterocycles. The molecule has 0 amide bonds. The third kappa shape index (κ3) is 4.81. The molecule has 1 fully saturated rings. The van der Waals surface area contributed by atoms with Gasteiger partial charge in [-0.2, -0.15) is 0 Å². The van der Waals surface area contributed by atoms with Crippen LogP contribution in [0, 0.1) is 0 Å². The monoisotopic (exact) mass is 403 g/mol. The number of aliphatic hydroxyl groups is 1. The molecule has 6 heteroatoms. The predicted octanol–water partition coefficient (Wildman–Crippen LogP) is 3.02. The van der Waals surface area contributed by atoms with Crippen molar-refractivity contribution in [3.8, 4) is 5.75 Å². The largest absolute Gasteiger partial charge is 0.507 e. The van der Waals surface area contributed by atoms with E-state index >= 15 is 0 Å². The van der Waals surface area contributed by atoms with Crippen LogP contribution in [0.15, 0.2) is 51.9 Å². The number of piperazine rings is 1. The Bertz CT molecular complexity index is 726. The van der Waals surface area contributed by atoms with E-state index in [9.17, 15) is 5.11 Å². The Hall–Kier alpha value is -1.89. The van der Waals surface area contributed by atoms with Gasteiger partial charge >= 0.3 is 0 Å². The van der Waals surface area contributed by atoms with E-state index in [-0.39, 0.29) is 12.4 Å². The number of hydrogen-bond acceptors (Lipinski definition) is 5. The van der Waals surface area contributed by atoms with E-state index in [0.717, 1.165) is 42.9 Å². The Morgan fingerprint density at radius 3 is 2.44 bits per heavy atom. The Morgan fingerprint density at radius 2 is 1.76 bits per heavy atom. The van der Waals surface area contributed by atoms with Crippen molar-refractivity contribution in [2.75, 3.05) is 44.2 Å². The standard InChI is InChI=1S/C19H22BrN3O2/c20-16-1-6-19(25)15(13-16)14-21-17-2-4-18(5-3-17)23-9-7-22(8-10-23)11-12-24/h1-6,13-14,24-25H,7-12H2. The van der Waals surface area contributed by atoms with Gasteiger partial charge in [-0.25, -0.2) is 0 Å². The van der Waals surface area contributed by atoms with Gasteiger partial charge in [-0.3, -0.25) is 9.89 Å². The summed E-state index contributed by atoms with van der Waals surface area (Å²) in [6.07, 6.45) is 1.67. The number of anilines is 1. The van der Waals surface area contributed by atoms with Crippen molar-refractivity contribution in [1.82, 2.24) is 4.90 Å². The smallest absolute Gasteiger partial charge is 0.124 e. The van der Waals surface area contributed by atoms with Crippen LogP contribution in [0.25, 0.3) is 0 Å². The zero-order valence-corrected chi connectivity index (χ0v) is 15.6. The van der Waals surface area contributed by atoms with Crippen LogP contribution < -0.4 is 4.90 Å². The average molecular weight is 404 g/mol. The van der Waals surface area contributed by atoms with Crippen LogP contribution in [-0.2, 0) is 0 Å². The highest BCUT2D eigenvalue weighted by atomic mass is 79.9. The average Bonchev–Trinajstić information content (AvgIpc) is 2.64. The summed E-state index contributed by atoms with van der Waals surface area (Å²) in [6, 6.07) is 13.4. The molecule has 0 unspecified atom stereocenters. The van der Waals surface area contributed by atoms with E-state index in [1.165, 1.54) is 5.69 Å². The van der Waals surface area contributed by atoms with Gasteiger partial charge in [0, 0.05) is 54.7 Å². The lowest BCUT2D eigenvalue weighted by Gasteiger charge is -2.35. The van der Waals surface area contributed by atoms with E-state index in [1.807, 2.05) is 18.2 Å². The van der Waals surface area contributed by atoms with E-state index < -0.39 is 0 Å². The van der Waals surface area contributed by atoms with Gasteiger partial charge in [-0.1, -0.05) is 15.9 Å². The summed E-state index contributed by atoms with van der Waals surface area (Å²) in [5.74, 6) is 0.212. The van der Waals surface area contributed by atoms with Gasteiger partial charge in [0.25, 0.3) is 0 Å². The van der Waals surface area contributed by atoms with Crippen LogP contribution in [0.4, 0.5) is 11.4 Å². The number of aromatic hydroxyl groups is 1. The molecule has 0 bridgehead atoms. The van der Waals surface area contributed by atoms with Crippen LogP contribution in [0.1, 0.15) is 5.56 Å². The molecule has 25 heavy (non-hydrogen) atoms. The second-order valence-electron chi connectivity index (χ2n) is 6.03. The highest BCUT2D eigenvalue weighted by Gasteiger charge is 2.16. The SMILES string of the molecule is OCCN1CCN(c2ccc(N=Cc3cc(Br)ccc3O)cc2)CC1. The minimum atomic E-state index is 0.212. The highest BCUT2D eigenvalue weighted by molar-refractivity contribution is 9.10. The molecule has 0 saturated carbocycles. The van der Waals surface area contributed by atoms with Gasteiger partial charge in [0.15, 0.2) is 0 Å².